The predicted octanol–water partition coefficient (Wildman–Crippen LogP) is -9.00. The molecule has 57 nitrogen and oxygen atoms in total. The van der Waals surface area contributed by atoms with Gasteiger partial charge >= 0.3 is 35.8 Å². The van der Waals surface area contributed by atoms with Crippen molar-refractivity contribution in [3.63, 3.8) is 0 Å². The number of hydrogen-bond donors (Lipinski definition) is 35. The Kier molecular flexibility index (Phi) is 54.8. The minimum atomic E-state index is -2.35. The molecular weight excluding hydrogens is 1860 g/mol. The van der Waals surface area contributed by atoms with Gasteiger partial charge < -0.3 is 166 Å². The van der Waals surface area contributed by atoms with Crippen LogP contribution in [0.25, 0.3) is 0 Å². The summed E-state index contributed by atoms with van der Waals surface area (Å²) in [5.74, 6) is -32.3. The fraction of sp³-hybridized carbons (Fsp3) is 0.595. The maximum atomic E-state index is 15.0. The van der Waals surface area contributed by atoms with Crippen LogP contribution in [-0.2, 0) is 114 Å². The first-order valence-electron chi connectivity index (χ1n) is 45.2. The number of aromatic amines is 1. The second kappa shape index (κ2) is 63.7. The Hall–Kier alpha value is -15.7. The molecular formula is C84H136N30O27. The number of guanidine groups is 4. The average Bonchev–Trinajstić information content (AvgIpc) is 1.80. The van der Waals surface area contributed by atoms with Gasteiger partial charge in [0.1, 0.15) is 84.6 Å². The standard InChI is InChI=1S/C84H136N30O27/c1-7-41(5)64(113-66(126)45(85)18-12-28-96-81(87)88)78(138)105-47(20-14-30-98-83(91)92)68(128)109-54(34-44-38-95-39-100-44)74(134)103-50(24-27-60(118)119)70(130)108-53(33-43-16-10-9-11-17-43)73(133)101-46(19-13-29-97-82(89)90)67(127)110-56(36-62(122)123)77(137)112-57(37-63(124)125)76(136)107-52(32-40(3)4)72(132)111-55(35-61(120)121)75(135)104-49(23-26-59(116)117)69(129)102-48(22-25-58(86)115)71(131)114-65(42(6)8-2)79(139)106-51(80(140)141)21-15-31-99-84(93)94/h9-11,16-17,38-42,45-57,64-65H,7-8,12-15,18-37,85H2,1-6H3,(H2,86,115)(H,95,100)(H,101,133)(H,102,129)(H,103,134)(H,104,135)(H,105,138)(H,106,139)(H,107,136)(H,108,130)(H,109,128)(H,110,127)(H,111,132)(H,112,137)(H,113,126)(H,114,131)(H,116,117)(H,118,119)(H,120,121)(H,122,123)(H,124,125)(H,140,141)(H4,87,88,96)(H4,89,90,97)(H4,91,92,98)(H4,93,94,99)/t41-,42-,45-,46-,47-,48-,49-,50-,51-,52-,53-,54-,55-,56-,57-,64-,65-/m0/s1. The molecule has 0 radical (unpaired) electrons. The summed E-state index contributed by atoms with van der Waals surface area (Å²) in [6, 6.07) is -19.7. The number of aromatic nitrogens is 2. The molecule has 0 saturated carbocycles. The number of carboxylic acid groups (broad SMARTS) is 6. The lowest BCUT2D eigenvalue weighted by Gasteiger charge is -2.29. The van der Waals surface area contributed by atoms with E-state index in [0.29, 0.717) is 18.4 Å². The minimum absolute atomic E-state index is 0.0167. The van der Waals surface area contributed by atoms with Gasteiger partial charge in [-0.05, 0) is 100 Å². The molecule has 784 valence electrons. The normalized spacial score (nSPS) is 14.6. The van der Waals surface area contributed by atoms with Gasteiger partial charge in [-0.1, -0.05) is 84.7 Å². The van der Waals surface area contributed by atoms with Crippen LogP contribution >= 0.6 is 0 Å². The summed E-state index contributed by atoms with van der Waals surface area (Å²) in [6.45, 7) is 9.44. The van der Waals surface area contributed by atoms with Crippen molar-refractivity contribution in [1.29, 1.82) is 21.6 Å². The van der Waals surface area contributed by atoms with E-state index in [2.05, 4.69) is 100 Å². The number of aliphatic carboxylic acids is 6. The number of carbonyl (C=O) groups is 21. The first kappa shape index (κ1) is 121. The molecule has 2 rings (SSSR count). The highest BCUT2D eigenvalue weighted by atomic mass is 16.4. The molecule has 17 atom stereocenters. The Bertz CT molecular complexity index is 4650. The SMILES string of the molecule is CC[C@H](C)[C@H](NC(=O)[C@H](CCC(N)=O)NC(=O)[C@H](CCC(=O)O)NC(=O)[C@H](CC(=O)O)NC(=O)[C@H](CC(C)C)NC(=O)[C@H](CC(=O)O)NC(=O)[C@H](CC(=O)O)NC(=O)[C@H](CCCNC(=N)N)NC(=O)[C@H](Cc1ccccc1)NC(=O)[C@H](CCC(=O)O)NC(=O)[C@H](Cc1cnc[nH]1)NC(=O)[C@H](CCCNC(=N)N)NC(=O)[C@@H](NC(=O)[C@@H](N)CCCNC(=N)N)[C@@H](C)CC)C(=O)N[C@@H](CCCNC(=N)N)C(=O)O. The van der Waals surface area contributed by atoms with Crippen molar-refractivity contribution < 1.29 is 131 Å². The van der Waals surface area contributed by atoms with Crippen LogP contribution in [0.15, 0.2) is 42.9 Å². The highest BCUT2D eigenvalue weighted by Gasteiger charge is 2.41. The zero-order valence-electron chi connectivity index (χ0n) is 79.0. The van der Waals surface area contributed by atoms with E-state index in [9.17, 15) is 127 Å². The summed E-state index contributed by atoms with van der Waals surface area (Å²) in [4.78, 5) is 295. The van der Waals surface area contributed by atoms with Crippen LogP contribution in [0.5, 0.6) is 0 Å². The lowest BCUT2D eigenvalue weighted by Crippen LogP contribution is -2.61. The number of nitrogens with two attached hydrogens (primary N) is 6. The van der Waals surface area contributed by atoms with Gasteiger partial charge in [0, 0.05) is 70.2 Å². The monoisotopic (exact) mass is 2000 g/mol. The average molecular weight is 2000 g/mol. The molecule has 0 aliphatic carbocycles. The van der Waals surface area contributed by atoms with Gasteiger partial charge in [-0.15, -0.1) is 0 Å². The quantitative estimate of drug-likeness (QED) is 0.0166. The molecule has 1 heterocycles. The number of hydrogen-bond acceptors (Lipinski definition) is 27. The van der Waals surface area contributed by atoms with Crippen molar-refractivity contribution >= 4 is 148 Å². The third kappa shape index (κ3) is 49.3. The fourth-order valence-corrected chi connectivity index (χ4v) is 13.6. The van der Waals surface area contributed by atoms with E-state index in [0.717, 1.165) is 0 Å². The molecule has 41 N–H and O–H groups in total. The number of H-pyrrole nitrogens is 1. The van der Waals surface area contributed by atoms with Crippen LogP contribution in [0.1, 0.15) is 181 Å². The molecule has 0 aliphatic heterocycles. The zero-order chi connectivity index (χ0) is 106. The number of rotatable bonds is 70. The van der Waals surface area contributed by atoms with Crippen LogP contribution in [0.2, 0.25) is 0 Å². The Morgan fingerprint density at radius 2 is 0.631 bits per heavy atom. The van der Waals surface area contributed by atoms with E-state index in [4.69, 9.17) is 56.0 Å². The maximum Gasteiger partial charge on any atom is 0.326 e. The predicted molar refractivity (Wildman–Crippen MR) is 499 cm³/mol. The number of amides is 15. The van der Waals surface area contributed by atoms with Gasteiger partial charge in [0.05, 0.1) is 31.6 Å². The lowest BCUT2D eigenvalue weighted by atomic mass is 9.96. The number of carboxylic acids is 6. The van der Waals surface area contributed by atoms with E-state index >= 15 is 4.79 Å². The summed E-state index contributed by atoms with van der Waals surface area (Å²) in [7, 11) is 0. The molecule has 0 aliphatic rings. The number of benzene rings is 1. The number of carbonyl (C=O) groups excluding carboxylic acids is 15. The third-order valence-electron chi connectivity index (χ3n) is 21.5. The van der Waals surface area contributed by atoms with Gasteiger partial charge in [-0.2, -0.15) is 0 Å². The minimum Gasteiger partial charge on any atom is -0.481 e. The molecule has 0 spiro atoms. The van der Waals surface area contributed by atoms with E-state index in [1.807, 2.05) is 5.32 Å². The van der Waals surface area contributed by atoms with Gasteiger partial charge in [0.2, 0.25) is 88.6 Å². The number of primary amides is 1. The van der Waals surface area contributed by atoms with Gasteiger partial charge in [-0.25, -0.2) is 9.78 Å². The Morgan fingerprint density at radius 1 is 0.340 bits per heavy atom. The zero-order valence-corrected chi connectivity index (χ0v) is 79.0. The summed E-state index contributed by atoms with van der Waals surface area (Å²) < 4.78 is 0. The van der Waals surface area contributed by atoms with Crippen LogP contribution < -0.4 is 130 Å². The van der Waals surface area contributed by atoms with E-state index < -0.39 is 334 Å². The number of nitrogens with zero attached hydrogens (tertiary/aromatic N) is 1. The molecule has 0 bridgehead atoms. The molecule has 57 heteroatoms. The lowest BCUT2D eigenvalue weighted by molar-refractivity contribution is -0.144. The van der Waals surface area contributed by atoms with Crippen molar-refractivity contribution in [1.82, 2.24) is 106 Å². The molecule has 1 aromatic carbocycles. The number of nitrogens with one attached hydrogen (secondary N) is 23. The van der Waals surface area contributed by atoms with E-state index in [1.54, 1.807) is 26.8 Å². The van der Waals surface area contributed by atoms with Crippen LogP contribution in [-0.4, -0.2) is 306 Å². The second-order valence-electron chi connectivity index (χ2n) is 33.6. The largest absolute Gasteiger partial charge is 0.481 e. The third-order valence-corrected chi connectivity index (χ3v) is 21.5. The smallest absolute Gasteiger partial charge is 0.326 e. The molecule has 0 fully saturated rings. The van der Waals surface area contributed by atoms with E-state index in [1.165, 1.54) is 57.6 Å². The topological polar surface area (TPSA) is 977 Å². The van der Waals surface area contributed by atoms with Crippen molar-refractivity contribution in [3.05, 3.63) is 54.1 Å². The van der Waals surface area contributed by atoms with Crippen LogP contribution in [0.4, 0.5) is 0 Å². The van der Waals surface area contributed by atoms with Gasteiger partial charge in [-0.3, -0.25) is 118 Å². The molecule has 2 aromatic rings. The van der Waals surface area contributed by atoms with Crippen molar-refractivity contribution in [2.45, 2.75) is 273 Å². The van der Waals surface area contributed by atoms with Crippen LogP contribution in [0.3, 0.4) is 0 Å². The highest BCUT2D eigenvalue weighted by Crippen LogP contribution is 2.18. The van der Waals surface area contributed by atoms with Gasteiger partial charge in [0.15, 0.2) is 23.8 Å². The first-order valence-corrected chi connectivity index (χ1v) is 45.2. The summed E-state index contributed by atoms with van der Waals surface area (Å²) in [5, 5.41) is 133. The van der Waals surface area contributed by atoms with Crippen molar-refractivity contribution in [3.8, 4) is 0 Å². The summed E-state index contributed by atoms with van der Waals surface area (Å²) in [6.07, 6.45) is -7.76. The van der Waals surface area contributed by atoms with Gasteiger partial charge in [0.25, 0.3) is 0 Å². The molecule has 1 aromatic heterocycles. The summed E-state index contributed by atoms with van der Waals surface area (Å²) in [5.41, 5.74) is 33.7. The Balaban J connectivity index is 2.71. The van der Waals surface area contributed by atoms with E-state index in [-0.39, 0.29) is 82.8 Å². The Labute approximate surface area is 809 Å². The van der Waals surface area contributed by atoms with Crippen molar-refractivity contribution in [2.75, 3.05) is 26.2 Å². The number of imidazole rings is 1. The Morgan fingerprint density at radius 3 is 0.965 bits per heavy atom. The molecule has 0 saturated heterocycles. The first-order chi connectivity index (χ1) is 66.2. The second-order valence-corrected chi connectivity index (χ2v) is 33.6. The summed E-state index contributed by atoms with van der Waals surface area (Å²) >= 11 is 0. The van der Waals surface area contributed by atoms with Crippen molar-refractivity contribution in [2.24, 2.45) is 52.2 Å². The molecule has 0 unspecified atom stereocenters. The molecule has 15 amide bonds. The molecule has 141 heavy (non-hydrogen) atoms. The highest BCUT2D eigenvalue weighted by molar-refractivity contribution is 6.02. The fourth-order valence-electron chi connectivity index (χ4n) is 13.6. The van der Waals surface area contributed by atoms with Crippen LogP contribution in [0, 0.1) is 39.4 Å². The maximum absolute atomic E-state index is 15.0.